The van der Waals surface area contributed by atoms with Gasteiger partial charge in [0.2, 0.25) is 5.91 Å². The quantitative estimate of drug-likeness (QED) is 0.904. The third-order valence-electron chi connectivity index (χ3n) is 5.15. The first-order valence-corrected chi connectivity index (χ1v) is 8.86. The molecule has 0 saturated carbocycles. The molecule has 0 aromatic heterocycles. The number of nitrogens with two attached hydrogens (primary N) is 1. The fraction of sp³-hybridized carbons (Fsp3) is 0.381. The molecule has 1 fully saturated rings. The van der Waals surface area contributed by atoms with Crippen LogP contribution in [0.25, 0.3) is 0 Å². The molecule has 3 rings (SSSR count). The second-order valence-electron chi connectivity index (χ2n) is 6.69. The van der Waals surface area contributed by atoms with Gasteiger partial charge in [-0.15, -0.1) is 0 Å². The number of hydrogen-bond acceptors (Lipinski definition) is 3. The lowest BCUT2D eigenvalue weighted by atomic mass is 9.93. The molecule has 2 aromatic rings. The number of rotatable bonds is 5. The summed E-state index contributed by atoms with van der Waals surface area (Å²) in [5.41, 5.74) is 8.53. The fourth-order valence-corrected chi connectivity index (χ4v) is 3.58. The van der Waals surface area contributed by atoms with Gasteiger partial charge in [0.15, 0.2) is 0 Å². The molecule has 0 bridgehead atoms. The molecule has 1 amide bonds. The standard InChI is InChI=1S/C21H26N2O2/c1-15(20(22)17-7-4-3-5-8-17)21(24)23-14-6-9-19(23)16-10-12-18(25-2)13-11-16/h3-5,7-8,10-13,15,19-20H,6,9,14,22H2,1-2H3/t15-,19+,20-/m1/s1. The first kappa shape index (κ1) is 17.5. The number of carbonyl (C=O) groups is 1. The molecule has 1 saturated heterocycles. The van der Waals surface area contributed by atoms with Gasteiger partial charge in [-0.2, -0.15) is 0 Å². The number of methoxy groups -OCH3 is 1. The van der Waals surface area contributed by atoms with E-state index in [2.05, 4.69) is 12.1 Å². The average Bonchev–Trinajstić information content (AvgIpc) is 3.16. The molecule has 0 aliphatic carbocycles. The van der Waals surface area contributed by atoms with Crippen molar-refractivity contribution < 1.29 is 9.53 Å². The van der Waals surface area contributed by atoms with Gasteiger partial charge in [-0.05, 0) is 36.1 Å². The van der Waals surface area contributed by atoms with Gasteiger partial charge in [0.05, 0.1) is 19.1 Å². The first-order valence-electron chi connectivity index (χ1n) is 8.86. The second kappa shape index (κ2) is 7.70. The zero-order valence-corrected chi connectivity index (χ0v) is 14.9. The number of nitrogens with zero attached hydrogens (tertiary/aromatic N) is 1. The maximum absolute atomic E-state index is 13.1. The lowest BCUT2D eigenvalue weighted by Gasteiger charge is -2.30. The number of amides is 1. The van der Waals surface area contributed by atoms with Crippen molar-refractivity contribution >= 4 is 5.91 Å². The Hall–Kier alpha value is -2.33. The molecule has 1 aliphatic rings. The summed E-state index contributed by atoms with van der Waals surface area (Å²) in [4.78, 5) is 15.1. The Morgan fingerprint density at radius 3 is 2.48 bits per heavy atom. The zero-order chi connectivity index (χ0) is 17.8. The van der Waals surface area contributed by atoms with Crippen molar-refractivity contribution in [3.63, 3.8) is 0 Å². The number of hydrogen-bond donors (Lipinski definition) is 1. The van der Waals surface area contributed by atoms with Crippen LogP contribution in [-0.2, 0) is 4.79 Å². The summed E-state index contributed by atoms with van der Waals surface area (Å²) in [5.74, 6) is 0.718. The third-order valence-corrected chi connectivity index (χ3v) is 5.15. The Bertz CT molecular complexity index is 700. The summed E-state index contributed by atoms with van der Waals surface area (Å²) in [6, 6.07) is 17.7. The van der Waals surface area contributed by atoms with Crippen molar-refractivity contribution in [2.24, 2.45) is 11.7 Å². The van der Waals surface area contributed by atoms with Crippen LogP contribution in [0.4, 0.5) is 0 Å². The van der Waals surface area contributed by atoms with Crippen LogP contribution in [0, 0.1) is 5.92 Å². The second-order valence-corrected chi connectivity index (χ2v) is 6.69. The van der Waals surface area contributed by atoms with Gasteiger partial charge in [0.1, 0.15) is 5.75 Å². The summed E-state index contributed by atoms with van der Waals surface area (Å²) in [5, 5.41) is 0. The molecule has 1 aliphatic heterocycles. The Morgan fingerprint density at radius 2 is 1.84 bits per heavy atom. The molecule has 0 unspecified atom stereocenters. The highest BCUT2D eigenvalue weighted by atomic mass is 16.5. The van der Waals surface area contributed by atoms with Crippen LogP contribution < -0.4 is 10.5 Å². The average molecular weight is 338 g/mol. The maximum atomic E-state index is 13.1. The molecule has 1 heterocycles. The first-order chi connectivity index (χ1) is 12.1. The molecule has 2 aromatic carbocycles. The smallest absolute Gasteiger partial charge is 0.227 e. The molecule has 25 heavy (non-hydrogen) atoms. The van der Waals surface area contributed by atoms with Crippen molar-refractivity contribution in [3.8, 4) is 5.75 Å². The van der Waals surface area contributed by atoms with Crippen LogP contribution in [0.5, 0.6) is 5.75 Å². The van der Waals surface area contributed by atoms with E-state index in [9.17, 15) is 4.79 Å². The largest absolute Gasteiger partial charge is 0.497 e. The summed E-state index contributed by atoms with van der Waals surface area (Å²) in [6.07, 6.45) is 2.01. The van der Waals surface area contributed by atoms with Crippen molar-refractivity contribution in [2.75, 3.05) is 13.7 Å². The van der Waals surface area contributed by atoms with E-state index in [1.165, 1.54) is 0 Å². The van der Waals surface area contributed by atoms with Crippen LogP contribution in [0.1, 0.15) is 43.0 Å². The number of benzene rings is 2. The van der Waals surface area contributed by atoms with Gasteiger partial charge >= 0.3 is 0 Å². The fourth-order valence-electron chi connectivity index (χ4n) is 3.58. The van der Waals surface area contributed by atoms with E-state index in [1.807, 2.05) is 54.3 Å². The van der Waals surface area contributed by atoms with Crippen molar-refractivity contribution in [1.29, 1.82) is 0 Å². The highest BCUT2D eigenvalue weighted by Crippen LogP contribution is 2.35. The molecule has 3 atom stereocenters. The predicted octanol–water partition coefficient (Wildman–Crippen LogP) is 3.69. The minimum atomic E-state index is -0.286. The molecule has 4 heteroatoms. The highest BCUT2D eigenvalue weighted by molar-refractivity contribution is 5.80. The van der Waals surface area contributed by atoms with Crippen LogP contribution in [-0.4, -0.2) is 24.5 Å². The number of ether oxygens (including phenoxy) is 1. The SMILES string of the molecule is COc1ccc([C@@H]2CCCN2C(=O)[C@H](C)[C@@H](N)c2ccccc2)cc1. The third kappa shape index (κ3) is 3.69. The van der Waals surface area contributed by atoms with Gasteiger partial charge in [0.25, 0.3) is 0 Å². The van der Waals surface area contributed by atoms with Crippen LogP contribution in [0.15, 0.2) is 54.6 Å². The molecular weight excluding hydrogens is 312 g/mol. The lowest BCUT2D eigenvalue weighted by molar-refractivity contribution is -0.136. The van der Waals surface area contributed by atoms with E-state index >= 15 is 0 Å². The van der Waals surface area contributed by atoms with E-state index in [4.69, 9.17) is 10.5 Å². The normalized spacial score (nSPS) is 19.5. The minimum Gasteiger partial charge on any atom is -0.497 e. The van der Waals surface area contributed by atoms with E-state index in [1.54, 1.807) is 7.11 Å². The molecule has 0 radical (unpaired) electrons. The van der Waals surface area contributed by atoms with Crippen molar-refractivity contribution in [3.05, 3.63) is 65.7 Å². The van der Waals surface area contributed by atoms with Gasteiger partial charge in [-0.25, -0.2) is 0 Å². The van der Waals surface area contributed by atoms with Crippen molar-refractivity contribution in [2.45, 2.75) is 31.8 Å². The number of likely N-dealkylation sites (tertiary alicyclic amines) is 1. The van der Waals surface area contributed by atoms with Gasteiger partial charge in [0, 0.05) is 12.6 Å². The van der Waals surface area contributed by atoms with E-state index in [0.717, 1.165) is 36.3 Å². The van der Waals surface area contributed by atoms with Gasteiger partial charge in [-0.3, -0.25) is 4.79 Å². The van der Waals surface area contributed by atoms with E-state index < -0.39 is 0 Å². The monoisotopic (exact) mass is 338 g/mol. The Labute approximate surface area is 149 Å². The molecule has 132 valence electrons. The molecule has 0 spiro atoms. The number of carbonyl (C=O) groups excluding carboxylic acids is 1. The molecule has 2 N–H and O–H groups in total. The summed E-state index contributed by atoms with van der Waals surface area (Å²) < 4.78 is 5.23. The topological polar surface area (TPSA) is 55.6 Å². The Morgan fingerprint density at radius 1 is 1.16 bits per heavy atom. The van der Waals surface area contributed by atoms with Gasteiger partial charge < -0.3 is 15.4 Å². The Balaban J connectivity index is 1.75. The minimum absolute atomic E-state index is 0.129. The Kier molecular flexibility index (Phi) is 5.39. The summed E-state index contributed by atoms with van der Waals surface area (Å²) >= 11 is 0. The van der Waals surface area contributed by atoms with E-state index in [-0.39, 0.29) is 23.9 Å². The summed E-state index contributed by atoms with van der Waals surface area (Å²) in [6.45, 7) is 2.73. The highest BCUT2D eigenvalue weighted by Gasteiger charge is 2.34. The molecule has 4 nitrogen and oxygen atoms in total. The lowest BCUT2D eigenvalue weighted by Crippen LogP contribution is -2.39. The predicted molar refractivity (Wildman–Crippen MR) is 99.2 cm³/mol. The van der Waals surface area contributed by atoms with E-state index in [0.29, 0.717) is 0 Å². The van der Waals surface area contributed by atoms with Crippen LogP contribution >= 0.6 is 0 Å². The van der Waals surface area contributed by atoms with Crippen LogP contribution in [0.2, 0.25) is 0 Å². The molecular formula is C21H26N2O2. The van der Waals surface area contributed by atoms with Gasteiger partial charge in [-0.1, -0.05) is 49.4 Å². The maximum Gasteiger partial charge on any atom is 0.227 e. The zero-order valence-electron chi connectivity index (χ0n) is 14.9. The van der Waals surface area contributed by atoms with Crippen LogP contribution in [0.3, 0.4) is 0 Å². The summed E-state index contributed by atoms with van der Waals surface area (Å²) in [7, 11) is 1.66. The van der Waals surface area contributed by atoms with Crippen molar-refractivity contribution in [1.82, 2.24) is 4.90 Å².